The maximum Gasteiger partial charge on any atom is 0.341 e. The van der Waals surface area contributed by atoms with E-state index in [4.69, 9.17) is 10.4 Å². The molecule has 0 bridgehead atoms. The Labute approximate surface area is 101 Å². The molecular formula is C11H9F2NO4. The van der Waals surface area contributed by atoms with Crippen LogP contribution in [0.3, 0.4) is 0 Å². The molecule has 0 radical (unpaired) electrons. The number of nitriles is 1. The molecule has 5 nitrogen and oxygen atoms in total. The number of benzene rings is 1. The first kappa shape index (κ1) is 14.0. The number of hydrogen-bond acceptors (Lipinski definition) is 4. The number of carboxylic acid groups (broad SMARTS) is 1. The van der Waals surface area contributed by atoms with Gasteiger partial charge in [0.2, 0.25) is 0 Å². The molecule has 0 heterocycles. The zero-order chi connectivity index (χ0) is 13.9. The minimum Gasteiger partial charge on any atom is -0.477 e. The average Bonchev–Trinajstić information content (AvgIpc) is 2.28. The highest BCUT2D eigenvalue weighted by Crippen LogP contribution is 2.25. The largest absolute Gasteiger partial charge is 0.477 e. The number of carboxylic acids is 1. The van der Waals surface area contributed by atoms with Crippen molar-refractivity contribution in [1.82, 2.24) is 0 Å². The number of halogens is 2. The summed E-state index contributed by atoms with van der Waals surface area (Å²) in [6, 6.07) is 3.06. The topological polar surface area (TPSA) is 102 Å². The summed E-state index contributed by atoms with van der Waals surface area (Å²) in [5.74, 6) is -4.58. The van der Waals surface area contributed by atoms with Gasteiger partial charge in [-0.15, -0.1) is 0 Å². The number of aliphatic hydroxyl groups is 2. The third kappa shape index (κ3) is 2.61. The predicted octanol–water partition coefficient (Wildman–Crippen LogP) is 0.971. The molecule has 0 amide bonds. The molecule has 0 aliphatic heterocycles. The fraction of sp³-hybridized carbons (Fsp3) is 0.273. The lowest BCUT2D eigenvalue weighted by molar-refractivity contribution is 0.0192. The molecule has 0 aromatic heterocycles. The predicted molar refractivity (Wildman–Crippen MR) is 54.5 cm³/mol. The lowest BCUT2D eigenvalue weighted by Crippen LogP contribution is -2.20. The van der Waals surface area contributed by atoms with Crippen LogP contribution in [0.4, 0.5) is 8.78 Å². The molecule has 1 rings (SSSR count). The van der Waals surface area contributed by atoms with E-state index in [1.54, 1.807) is 6.07 Å². The zero-order valence-corrected chi connectivity index (χ0v) is 8.97. The van der Waals surface area contributed by atoms with Crippen LogP contribution < -0.4 is 0 Å². The van der Waals surface area contributed by atoms with Crippen molar-refractivity contribution >= 4 is 5.97 Å². The Balaban J connectivity index is 3.23. The van der Waals surface area contributed by atoms with E-state index < -0.39 is 47.4 Å². The van der Waals surface area contributed by atoms with Gasteiger partial charge in [0.25, 0.3) is 0 Å². The molecule has 2 unspecified atom stereocenters. The molecule has 3 N–H and O–H groups in total. The van der Waals surface area contributed by atoms with Gasteiger partial charge in [-0.25, -0.2) is 13.6 Å². The first-order chi connectivity index (χ1) is 8.40. The van der Waals surface area contributed by atoms with Crippen molar-refractivity contribution in [1.29, 1.82) is 5.26 Å². The average molecular weight is 257 g/mol. The van der Waals surface area contributed by atoms with Crippen molar-refractivity contribution in [3.05, 3.63) is 34.9 Å². The number of aromatic carboxylic acids is 1. The summed E-state index contributed by atoms with van der Waals surface area (Å²) in [6.45, 7) is 0. The number of nitrogens with zero attached hydrogens (tertiary/aromatic N) is 1. The summed E-state index contributed by atoms with van der Waals surface area (Å²) in [7, 11) is 0. The zero-order valence-electron chi connectivity index (χ0n) is 8.97. The lowest BCUT2D eigenvalue weighted by atomic mass is 9.99. The molecule has 0 spiro atoms. The second-order valence-corrected chi connectivity index (χ2v) is 3.51. The standard InChI is InChI=1S/C11H9F2NO4/c12-6-2-1-5(9(13)8(6)11(17)18)10(16)7(15)3-4-14/h1-2,7,10,15-16H,3H2,(H,17,18). The molecule has 18 heavy (non-hydrogen) atoms. The minimum absolute atomic E-state index is 0.472. The van der Waals surface area contributed by atoms with Crippen molar-refractivity contribution in [3.8, 4) is 6.07 Å². The van der Waals surface area contributed by atoms with Crippen LogP contribution in [0, 0.1) is 23.0 Å². The first-order valence-corrected chi connectivity index (χ1v) is 4.84. The molecule has 0 aliphatic rings. The fourth-order valence-electron chi connectivity index (χ4n) is 1.41. The van der Waals surface area contributed by atoms with Gasteiger partial charge in [-0.3, -0.25) is 0 Å². The molecule has 1 aromatic rings. The highest BCUT2D eigenvalue weighted by atomic mass is 19.1. The van der Waals surface area contributed by atoms with E-state index in [1.807, 2.05) is 0 Å². The quantitative estimate of drug-likeness (QED) is 0.746. The number of hydrogen-bond donors (Lipinski definition) is 3. The number of aliphatic hydroxyl groups excluding tert-OH is 2. The van der Waals surface area contributed by atoms with Crippen molar-refractivity contribution in [3.63, 3.8) is 0 Å². The van der Waals surface area contributed by atoms with Crippen LogP contribution in [0.15, 0.2) is 12.1 Å². The summed E-state index contributed by atoms with van der Waals surface area (Å²) in [5, 5.41) is 35.8. The van der Waals surface area contributed by atoms with Crippen LogP contribution in [-0.4, -0.2) is 27.4 Å². The maximum absolute atomic E-state index is 13.7. The molecule has 7 heteroatoms. The van der Waals surface area contributed by atoms with Crippen LogP contribution in [0.2, 0.25) is 0 Å². The Morgan fingerprint density at radius 3 is 2.50 bits per heavy atom. The van der Waals surface area contributed by atoms with E-state index in [0.29, 0.717) is 6.07 Å². The summed E-state index contributed by atoms with van der Waals surface area (Å²) in [4.78, 5) is 10.6. The van der Waals surface area contributed by atoms with Crippen LogP contribution in [0.1, 0.15) is 28.4 Å². The van der Waals surface area contributed by atoms with E-state index in [2.05, 4.69) is 0 Å². The molecule has 0 fully saturated rings. The van der Waals surface area contributed by atoms with Crippen LogP contribution in [-0.2, 0) is 0 Å². The summed E-state index contributed by atoms with van der Waals surface area (Å²) >= 11 is 0. The Morgan fingerprint density at radius 2 is 2.00 bits per heavy atom. The Kier molecular flexibility index (Phi) is 4.31. The van der Waals surface area contributed by atoms with Crippen LogP contribution in [0.25, 0.3) is 0 Å². The molecule has 1 aromatic carbocycles. The van der Waals surface area contributed by atoms with E-state index in [1.165, 1.54) is 0 Å². The van der Waals surface area contributed by atoms with Gasteiger partial charge in [-0.1, -0.05) is 6.07 Å². The van der Waals surface area contributed by atoms with Gasteiger partial charge in [-0.05, 0) is 6.07 Å². The monoisotopic (exact) mass is 257 g/mol. The molecule has 2 atom stereocenters. The second kappa shape index (κ2) is 5.53. The summed E-state index contributed by atoms with van der Waals surface area (Å²) < 4.78 is 26.7. The van der Waals surface area contributed by atoms with E-state index in [0.717, 1.165) is 6.07 Å². The van der Waals surface area contributed by atoms with E-state index in [-0.39, 0.29) is 0 Å². The number of rotatable bonds is 4. The van der Waals surface area contributed by atoms with Gasteiger partial charge >= 0.3 is 5.97 Å². The third-order valence-electron chi connectivity index (χ3n) is 2.32. The van der Waals surface area contributed by atoms with E-state index >= 15 is 0 Å². The van der Waals surface area contributed by atoms with Crippen LogP contribution >= 0.6 is 0 Å². The fourth-order valence-corrected chi connectivity index (χ4v) is 1.41. The molecule has 96 valence electrons. The van der Waals surface area contributed by atoms with Crippen molar-refractivity contribution in [2.75, 3.05) is 0 Å². The highest BCUT2D eigenvalue weighted by molar-refractivity contribution is 5.88. The third-order valence-corrected chi connectivity index (χ3v) is 2.32. The molecule has 0 saturated heterocycles. The molecule has 0 aliphatic carbocycles. The first-order valence-electron chi connectivity index (χ1n) is 4.84. The summed E-state index contributed by atoms with van der Waals surface area (Å²) in [5.41, 5.74) is -1.78. The van der Waals surface area contributed by atoms with Crippen molar-refractivity contribution in [2.45, 2.75) is 18.6 Å². The Bertz CT molecular complexity index is 513. The SMILES string of the molecule is N#CCC(O)C(O)c1ccc(F)c(C(=O)O)c1F. The van der Waals surface area contributed by atoms with Crippen molar-refractivity contribution < 1.29 is 28.9 Å². The van der Waals surface area contributed by atoms with E-state index in [9.17, 15) is 23.8 Å². The van der Waals surface area contributed by atoms with Crippen LogP contribution in [0.5, 0.6) is 0 Å². The maximum atomic E-state index is 13.7. The van der Waals surface area contributed by atoms with Gasteiger partial charge in [0, 0.05) is 5.56 Å². The normalized spacial score (nSPS) is 13.7. The van der Waals surface area contributed by atoms with Crippen molar-refractivity contribution in [2.24, 2.45) is 0 Å². The Morgan fingerprint density at radius 1 is 1.39 bits per heavy atom. The smallest absolute Gasteiger partial charge is 0.341 e. The van der Waals surface area contributed by atoms with Gasteiger partial charge < -0.3 is 15.3 Å². The van der Waals surface area contributed by atoms with Gasteiger partial charge in [-0.2, -0.15) is 5.26 Å². The minimum atomic E-state index is -1.83. The van der Waals surface area contributed by atoms with Gasteiger partial charge in [0.1, 0.15) is 23.3 Å². The molecular weight excluding hydrogens is 248 g/mol. The Hall–Kier alpha value is -2.04. The molecule has 0 saturated carbocycles. The van der Waals surface area contributed by atoms with Gasteiger partial charge in [0.15, 0.2) is 0 Å². The number of carbonyl (C=O) groups is 1. The second-order valence-electron chi connectivity index (χ2n) is 3.51. The highest BCUT2D eigenvalue weighted by Gasteiger charge is 2.26. The lowest BCUT2D eigenvalue weighted by Gasteiger charge is -2.17. The van der Waals surface area contributed by atoms with Gasteiger partial charge in [0.05, 0.1) is 18.6 Å². The summed E-state index contributed by atoms with van der Waals surface area (Å²) in [6.07, 6.45) is -3.86.